The number of amides is 1. The van der Waals surface area contributed by atoms with Gasteiger partial charge in [-0.15, -0.1) is 0 Å². The Morgan fingerprint density at radius 1 is 1.21 bits per heavy atom. The minimum Gasteiger partial charge on any atom is -0.482 e. The maximum absolute atomic E-state index is 11.7. The van der Waals surface area contributed by atoms with Crippen LogP contribution in [0.15, 0.2) is 53.0 Å². The van der Waals surface area contributed by atoms with Crippen molar-refractivity contribution >= 4 is 39.1 Å². The summed E-state index contributed by atoms with van der Waals surface area (Å²) in [5.41, 5.74) is 0.710. The van der Waals surface area contributed by atoms with E-state index < -0.39 is 0 Å². The van der Waals surface area contributed by atoms with Crippen LogP contribution in [0.3, 0.4) is 0 Å². The molecule has 19 heavy (non-hydrogen) atoms. The van der Waals surface area contributed by atoms with Crippen LogP contribution in [-0.4, -0.2) is 12.5 Å². The van der Waals surface area contributed by atoms with Gasteiger partial charge in [-0.25, -0.2) is 0 Å². The van der Waals surface area contributed by atoms with Crippen LogP contribution in [0.25, 0.3) is 0 Å². The molecule has 5 heteroatoms. The third-order valence-corrected chi connectivity index (χ3v) is 3.11. The molecule has 0 aliphatic heterocycles. The van der Waals surface area contributed by atoms with Gasteiger partial charge in [-0.1, -0.05) is 45.7 Å². The Morgan fingerprint density at radius 3 is 2.74 bits per heavy atom. The van der Waals surface area contributed by atoms with Crippen molar-refractivity contribution in [3.8, 4) is 5.75 Å². The van der Waals surface area contributed by atoms with E-state index in [0.29, 0.717) is 16.5 Å². The molecule has 3 nitrogen and oxygen atoms in total. The molecule has 0 aliphatic carbocycles. The zero-order valence-electron chi connectivity index (χ0n) is 9.90. The van der Waals surface area contributed by atoms with Crippen LogP contribution in [0.2, 0.25) is 5.02 Å². The van der Waals surface area contributed by atoms with Gasteiger partial charge in [0.1, 0.15) is 5.75 Å². The normalized spacial score (nSPS) is 10.0. The molecule has 0 radical (unpaired) electrons. The van der Waals surface area contributed by atoms with Gasteiger partial charge in [0.2, 0.25) is 0 Å². The van der Waals surface area contributed by atoms with Crippen LogP contribution < -0.4 is 10.1 Å². The molecule has 0 unspecified atom stereocenters. The van der Waals surface area contributed by atoms with E-state index in [1.165, 1.54) is 0 Å². The zero-order valence-corrected chi connectivity index (χ0v) is 12.2. The summed E-state index contributed by atoms with van der Waals surface area (Å²) in [5, 5.41) is 3.22. The molecule has 0 saturated carbocycles. The lowest BCUT2D eigenvalue weighted by Crippen LogP contribution is -2.20. The molecule has 0 fully saturated rings. The predicted octanol–water partition coefficient (Wildman–Crippen LogP) is 4.12. The maximum Gasteiger partial charge on any atom is 0.262 e. The lowest BCUT2D eigenvalue weighted by Gasteiger charge is -2.08. The van der Waals surface area contributed by atoms with E-state index in [1.807, 2.05) is 18.2 Å². The summed E-state index contributed by atoms with van der Waals surface area (Å²) in [4.78, 5) is 11.7. The van der Waals surface area contributed by atoms with Gasteiger partial charge in [0.15, 0.2) is 6.61 Å². The van der Waals surface area contributed by atoms with Gasteiger partial charge in [0.25, 0.3) is 5.91 Å². The number of hydrogen-bond acceptors (Lipinski definition) is 2. The van der Waals surface area contributed by atoms with Gasteiger partial charge in [0, 0.05) is 10.2 Å². The van der Waals surface area contributed by atoms with Crippen LogP contribution in [0, 0.1) is 0 Å². The van der Waals surface area contributed by atoms with E-state index >= 15 is 0 Å². The SMILES string of the molecule is O=C(COc1ccccc1Cl)Nc1cccc(Br)c1. The third kappa shape index (κ3) is 4.26. The number of nitrogens with one attached hydrogen (secondary N) is 1. The summed E-state index contributed by atoms with van der Waals surface area (Å²) < 4.78 is 6.25. The topological polar surface area (TPSA) is 38.3 Å². The van der Waals surface area contributed by atoms with Crippen LogP contribution in [0.1, 0.15) is 0 Å². The smallest absolute Gasteiger partial charge is 0.262 e. The molecule has 2 aromatic carbocycles. The second-order valence-electron chi connectivity index (χ2n) is 3.78. The molecule has 0 saturated heterocycles. The van der Waals surface area contributed by atoms with Crippen LogP contribution in [-0.2, 0) is 4.79 Å². The first-order valence-electron chi connectivity index (χ1n) is 5.58. The number of para-hydroxylation sites is 1. The van der Waals surface area contributed by atoms with Crippen molar-refractivity contribution in [3.05, 3.63) is 58.0 Å². The maximum atomic E-state index is 11.7. The average Bonchev–Trinajstić information content (AvgIpc) is 2.38. The van der Waals surface area contributed by atoms with E-state index in [0.717, 1.165) is 4.47 Å². The third-order valence-electron chi connectivity index (χ3n) is 2.30. The summed E-state index contributed by atoms with van der Waals surface area (Å²) >= 11 is 9.26. The van der Waals surface area contributed by atoms with Gasteiger partial charge in [-0.05, 0) is 30.3 Å². The molecule has 0 aliphatic rings. The molecule has 0 heterocycles. The average molecular weight is 341 g/mol. The van der Waals surface area contributed by atoms with E-state index in [-0.39, 0.29) is 12.5 Å². The number of halogens is 2. The molecule has 0 bridgehead atoms. The predicted molar refractivity (Wildman–Crippen MR) is 79.7 cm³/mol. The van der Waals surface area contributed by atoms with E-state index in [1.54, 1.807) is 30.3 Å². The monoisotopic (exact) mass is 339 g/mol. The first-order chi connectivity index (χ1) is 9.15. The van der Waals surface area contributed by atoms with Crippen LogP contribution >= 0.6 is 27.5 Å². The second kappa shape index (κ2) is 6.59. The molecular weight excluding hydrogens is 330 g/mol. The first-order valence-corrected chi connectivity index (χ1v) is 6.75. The molecule has 1 N–H and O–H groups in total. The minimum absolute atomic E-state index is 0.0871. The summed E-state index contributed by atoms with van der Waals surface area (Å²) in [6, 6.07) is 14.4. The van der Waals surface area contributed by atoms with Gasteiger partial charge < -0.3 is 10.1 Å². The lowest BCUT2D eigenvalue weighted by molar-refractivity contribution is -0.118. The summed E-state index contributed by atoms with van der Waals surface area (Å²) in [6.07, 6.45) is 0. The highest BCUT2D eigenvalue weighted by Crippen LogP contribution is 2.23. The number of rotatable bonds is 4. The van der Waals surface area contributed by atoms with Crippen molar-refractivity contribution in [1.82, 2.24) is 0 Å². The van der Waals surface area contributed by atoms with Crippen LogP contribution in [0.4, 0.5) is 5.69 Å². The first kappa shape index (κ1) is 13.9. The highest BCUT2D eigenvalue weighted by molar-refractivity contribution is 9.10. The van der Waals surface area contributed by atoms with Crippen molar-refractivity contribution < 1.29 is 9.53 Å². The Morgan fingerprint density at radius 2 is 2.00 bits per heavy atom. The van der Waals surface area contributed by atoms with Crippen molar-refractivity contribution in [2.24, 2.45) is 0 Å². The van der Waals surface area contributed by atoms with Crippen LogP contribution in [0.5, 0.6) is 5.75 Å². The Balaban J connectivity index is 1.90. The summed E-state index contributed by atoms with van der Waals surface area (Å²) in [5.74, 6) is 0.256. The van der Waals surface area contributed by atoms with Gasteiger partial charge in [0.05, 0.1) is 5.02 Å². The highest BCUT2D eigenvalue weighted by Gasteiger charge is 2.05. The Hall–Kier alpha value is -1.52. The fourth-order valence-electron chi connectivity index (χ4n) is 1.47. The quantitative estimate of drug-likeness (QED) is 0.909. The second-order valence-corrected chi connectivity index (χ2v) is 5.10. The van der Waals surface area contributed by atoms with Crippen molar-refractivity contribution in [2.75, 3.05) is 11.9 Å². The Labute approximate surface area is 124 Å². The molecule has 0 atom stereocenters. The number of hydrogen-bond donors (Lipinski definition) is 1. The molecule has 1 amide bonds. The van der Waals surface area contributed by atoms with E-state index in [2.05, 4.69) is 21.2 Å². The molecule has 2 rings (SSSR count). The Kier molecular flexibility index (Phi) is 4.82. The largest absolute Gasteiger partial charge is 0.482 e. The zero-order chi connectivity index (χ0) is 13.7. The standard InChI is InChI=1S/C14H11BrClNO2/c15-10-4-3-5-11(8-10)17-14(18)9-19-13-7-2-1-6-12(13)16/h1-8H,9H2,(H,17,18). The van der Waals surface area contributed by atoms with Crippen molar-refractivity contribution in [2.45, 2.75) is 0 Å². The molecular formula is C14H11BrClNO2. The molecule has 0 spiro atoms. The number of anilines is 1. The van der Waals surface area contributed by atoms with E-state index in [9.17, 15) is 4.79 Å². The molecule has 0 aromatic heterocycles. The fourth-order valence-corrected chi connectivity index (χ4v) is 2.06. The summed E-state index contributed by atoms with van der Waals surface area (Å²) in [7, 11) is 0. The molecule has 2 aromatic rings. The van der Waals surface area contributed by atoms with Crippen molar-refractivity contribution in [3.63, 3.8) is 0 Å². The van der Waals surface area contributed by atoms with E-state index in [4.69, 9.17) is 16.3 Å². The Bertz CT molecular complexity index is 589. The van der Waals surface area contributed by atoms with Gasteiger partial charge in [-0.2, -0.15) is 0 Å². The summed E-state index contributed by atoms with van der Waals surface area (Å²) in [6.45, 7) is -0.0871. The lowest BCUT2D eigenvalue weighted by atomic mass is 10.3. The minimum atomic E-state index is -0.238. The highest BCUT2D eigenvalue weighted by atomic mass is 79.9. The van der Waals surface area contributed by atoms with Crippen molar-refractivity contribution in [1.29, 1.82) is 0 Å². The number of benzene rings is 2. The molecule has 98 valence electrons. The van der Waals surface area contributed by atoms with Gasteiger partial charge >= 0.3 is 0 Å². The van der Waals surface area contributed by atoms with Gasteiger partial charge in [-0.3, -0.25) is 4.79 Å². The number of ether oxygens (including phenoxy) is 1. The number of carbonyl (C=O) groups excluding carboxylic acids is 1. The number of carbonyl (C=O) groups is 1. The fraction of sp³-hybridized carbons (Fsp3) is 0.0714.